The van der Waals surface area contributed by atoms with E-state index in [0.717, 1.165) is 5.69 Å². The molecule has 0 unspecified atom stereocenters. The van der Waals surface area contributed by atoms with Crippen LogP contribution in [0.25, 0.3) is 16.8 Å². The van der Waals surface area contributed by atoms with Gasteiger partial charge in [0.05, 0.1) is 47.2 Å². The SMILES string of the molecule is C[C@@H](C#N)CC(=O)[C@@H]1CC(F)(F)CC[C@H]1c1nn(-c2ccc(F)cc2)c(CO)c1-c1ccc(N2CCS(=O)(=O)CC2)cc1. The molecule has 8 nitrogen and oxygen atoms in total. The third kappa shape index (κ3) is 6.63. The Morgan fingerprint density at radius 1 is 1.12 bits per heavy atom. The van der Waals surface area contributed by atoms with Gasteiger partial charge in [0, 0.05) is 55.4 Å². The fraction of sp³-hybridized carbons (Fsp3) is 0.452. The number of anilines is 1. The molecular weight excluding hydrogens is 581 g/mol. The number of aliphatic hydroxyl groups excluding tert-OH is 1. The normalized spacial score (nSPS) is 22.1. The Hall–Kier alpha value is -3.69. The number of sulfone groups is 1. The minimum atomic E-state index is -3.06. The number of aliphatic hydroxyl groups is 1. The van der Waals surface area contributed by atoms with Crippen LogP contribution in [0.15, 0.2) is 48.5 Å². The van der Waals surface area contributed by atoms with Crippen LogP contribution in [0.2, 0.25) is 0 Å². The van der Waals surface area contributed by atoms with Gasteiger partial charge in [0.15, 0.2) is 9.84 Å². The monoisotopic (exact) mass is 614 g/mol. The van der Waals surface area contributed by atoms with Crippen molar-refractivity contribution in [3.05, 3.63) is 65.7 Å². The largest absolute Gasteiger partial charge is 0.390 e. The van der Waals surface area contributed by atoms with Crippen molar-refractivity contribution in [1.82, 2.24) is 9.78 Å². The summed E-state index contributed by atoms with van der Waals surface area (Å²) >= 11 is 0. The molecule has 1 saturated heterocycles. The van der Waals surface area contributed by atoms with E-state index >= 15 is 0 Å². The van der Waals surface area contributed by atoms with Crippen molar-refractivity contribution >= 4 is 21.3 Å². The van der Waals surface area contributed by atoms with E-state index in [4.69, 9.17) is 5.10 Å². The molecule has 3 atom stereocenters. The molecule has 228 valence electrons. The van der Waals surface area contributed by atoms with Crippen LogP contribution in [0.1, 0.15) is 49.9 Å². The molecule has 2 aromatic carbocycles. The van der Waals surface area contributed by atoms with Crippen LogP contribution >= 0.6 is 0 Å². The van der Waals surface area contributed by atoms with Gasteiger partial charge >= 0.3 is 0 Å². The molecule has 1 aliphatic carbocycles. The molecule has 0 spiro atoms. The second kappa shape index (κ2) is 12.1. The molecule has 3 aromatic rings. The zero-order valence-corrected chi connectivity index (χ0v) is 24.5. The number of nitriles is 1. The van der Waals surface area contributed by atoms with E-state index in [1.165, 1.54) is 28.9 Å². The minimum absolute atomic E-state index is 0.0248. The van der Waals surface area contributed by atoms with E-state index in [1.54, 1.807) is 19.1 Å². The molecule has 1 N–H and O–H groups in total. The lowest BCUT2D eigenvalue weighted by molar-refractivity contribution is -0.132. The van der Waals surface area contributed by atoms with Gasteiger partial charge in [-0.3, -0.25) is 4.79 Å². The summed E-state index contributed by atoms with van der Waals surface area (Å²) in [6, 6.07) is 14.8. The Morgan fingerprint density at radius 3 is 2.35 bits per heavy atom. The van der Waals surface area contributed by atoms with Crippen molar-refractivity contribution in [2.45, 2.75) is 51.1 Å². The van der Waals surface area contributed by atoms with Crippen molar-refractivity contribution in [2.75, 3.05) is 29.5 Å². The fourth-order valence-electron chi connectivity index (χ4n) is 6.10. The van der Waals surface area contributed by atoms with Gasteiger partial charge in [-0.25, -0.2) is 26.3 Å². The summed E-state index contributed by atoms with van der Waals surface area (Å²) in [7, 11) is -3.06. The first-order valence-corrected chi connectivity index (χ1v) is 16.1. The molecule has 2 fully saturated rings. The van der Waals surface area contributed by atoms with Crippen LogP contribution in [0.4, 0.5) is 18.9 Å². The number of Topliss-reactive ketones (excluding diaryl/α,β-unsaturated/α-hetero) is 1. The smallest absolute Gasteiger partial charge is 0.248 e. The number of hydrogen-bond donors (Lipinski definition) is 1. The van der Waals surface area contributed by atoms with Crippen LogP contribution in [0.5, 0.6) is 0 Å². The Balaban J connectivity index is 1.61. The van der Waals surface area contributed by atoms with Gasteiger partial charge in [0.2, 0.25) is 5.92 Å². The quantitative estimate of drug-likeness (QED) is 0.378. The number of nitrogens with zero attached hydrogens (tertiary/aromatic N) is 4. The number of carbonyl (C=O) groups excluding carboxylic acids is 1. The number of hydrogen-bond acceptors (Lipinski definition) is 7. The van der Waals surface area contributed by atoms with Gasteiger partial charge in [-0.1, -0.05) is 12.1 Å². The van der Waals surface area contributed by atoms with Crippen LogP contribution in [-0.2, 0) is 21.2 Å². The van der Waals surface area contributed by atoms with Crippen molar-refractivity contribution in [1.29, 1.82) is 5.26 Å². The topological polar surface area (TPSA) is 116 Å². The first kappa shape index (κ1) is 30.8. The lowest BCUT2D eigenvalue weighted by Gasteiger charge is -2.35. The second-order valence-electron chi connectivity index (χ2n) is 11.5. The van der Waals surface area contributed by atoms with Gasteiger partial charge in [0.1, 0.15) is 11.6 Å². The molecule has 43 heavy (non-hydrogen) atoms. The maximum atomic E-state index is 14.7. The second-order valence-corrected chi connectivity index (χ2v) is 13.8. The summed E-state index contributed by atoms with van der Waals surface area (Å²) in [6.07, 6.45) is -1.29. The Morgan fingerprint density at radius 2 is 1.74 bits per heavy atom. The van der Waals surface area contributed by atoms with E-state index in [9.17, 15) is 36.8 Å². The third-order valence-corrected chi connectivity index (χ3v) is 10.0. The predicted octanol–water partition coefficient (Wildman–Crippen LogP) is 5.04. The third-order valence-electron chi connectivity index (χ3n) is 8.41. The summed E-state index contributed by atoms with van der Waals surface area (Å²) in [4.78, 5) is 15.3. The van der Waals surface area contributed by atoms with Crippen molar-refractivity contribution in [3.63, 3.8) is 0 Å². The summed E-state index contributed by atoms with van der Waals surface area (Å²) in [6.45, 7) is 1.82. The lowest BCUT2D eigenvalue weighted by atomic mass is 9.71. The molecule has 0 bridgehead atoms. The highest BCUT2D eigenvalue weighted by Gasteiger charge is 2.47. The number of alkyl halides is 2. The predicted molar refractivity (Wildman–Crippen MR) is 155 cm³/mol. The van der Waals surface area contributed by atoms with Crippen LogP contribution < -0.4 is 4.90 Å². The molecule has 0 radical (unpaired) electrons. The average Bonchev–Trinajstić information content (AvgIpc) is 3.36. The standard InChI is InChI=1S/C31H33F3N4O4S/c1-20(18-35)16-28(40)26-17-31(33,34)11-10-25(26)30-29(27(19-39)38(36-30)24-8-4-22(32)5-9-24)21-2-6-23(7-3-21)37-12-14-43(41,42)15-13-37/h2-9,20,25-26,39H,10-17,19H2,1H3/t20-,25-,26-/m1/s1. The van der Waals surface area contributed by atoms with E-state index in [2.05, 4.69) is 0 Å². The summed E-state index contributed by atoms with van der Waals surface area (Å²) in [5.41, 5.74) is 3.13. The molecule has 12 heteroatoms. The van der Waals surface area contributed by atoms with Crippen molar-refractivity contribution < 1.29 is 31.5 Å². The van der Waals surface area contributed by atoms with Gasteiger partial charge in [-0.15, -0.1) is 0 Å². The van der Waals surface area contributed by atoms with E-state index in [1.807, 2.05) is 23.1 Å². The van der Waals surface area contributed by atoms with Crippen molar-refractivity contribution in [3.8, 4) is 22.9 Å². The Labute approximate surface area is 248 Å². The zero-order chi connectivity index (χ0) is 30.9. The molecule has 2 aliphatic rings. The maximum Gasteiger partial charge on any atom is 0.248 e. The van der Waals surface area contributed by atoms with E-state index in [-0.39, 0.29) is 24.3 Å². The first-order valence-electron chi connectivity index (χ1n) is 14.3. The average molecular weight is 615 g/mol. The number of aromatic nitrogens is 2. The number of carbonyl (C=O) groups is 1. The molecule has 0 amide bonds. The van der Waals surface area contributed by atoms with Gasteiger partial charge in [-0.2, -0.15) is 10.4 Å². The highest BCUT2D eigenvalue weighted by Crippen LogP contribution is 2.48. The number of halogens is 3. The molecular formula is C31H33F3N4O4S. The summed E-state index contributed by atoms with van der Waals surface area (Å²) in [5.74, 6) is -6.24. The zero-order valence-electron chi connectivity index (χ0n) is 23.7. The maximum absolute atomic E-state index is 14.7. The highest BCUT2D eigenvalue weighted by molar-refractivity contribution is 7.91. The highest BCUT2D eigenvalue weighted by atomic mass is 32.2. The van der Waals surface area contributed by atoms with E-state index < -0.39 is 64.6 Å². The Kier molecular flexibility index (Phi) is 8.68. The number of benzene rings is 2. The van der Waals surface area contributed by atoms with Crippen LogP contribution in [-0.4, -0.2) is 59.6 Å². The summed E-state index contributed by atoms with van der Waals surface area (Å²) < 4.78 is 68.4. The molecule has 5 rings (SSSR count). The minimum Gasteiger partial charge on any atom is -0.390 e. The fourth-order valence-corrected chi connectivity index (χ4v) is 7.30. The Bertz CT molecular complexity index is 1620. The van der Waals surface area contributed by atoms with Gasteiger partial charge in [0.25, 0.3) is 0 Å². The lowest BCUT2D eigenvalue weighted by Crippen LogP contribution is -2.40. The molecule has 1 saturated carbocycles. The van der Waals surface area contributed by atoms with Gasteiger partial charge < -0.3 is 10.0 Å². The van der Waals surface area contributed by atoms with E-state index in [0.29, 0.717) is 41.3 Å². The first-order chi connectivity index (χ1) is 20.4. The summed E-state index contributed by atoms with van der Waals surface area (Å²) in [5, 5.41) is 24.6. The number of ketones is 1. The van der Waals surface area contributed by atoms with Crippen LogP contribution in [0, 0.1) is 29.0 Å². The molecule has 1 aliphatic heterocycles. The van der Waals surface area contributed by atoms with Crippen molar-refractivity contribution in [2.24, 2.45) is 11.8 Å². The number of rotatable bonds is 8. The molecule has 2 heterocycles. The molecule has 1 aromatic heterocycles. The van der Waals surface area contributed by atoms with Crippen LogP contribution in [0.3, 0.4) is 0 Å². The van der Waals surface area contributed by atoms with Gasteiger partial charge in [-0.05, 0) is 55.3 Å².